The fourth-order valence-corrected chi connectivity index (χ4v) is 3.94. The molecule has 0 spiro atoms. The van der Waals surface area contributed by atoms with Gasteiger partial charge in [-0.1, -0.05) is 71.4 Å². The van der Waals surface area contributed by atoms with Crippen LogP contribution in [-0.4, -0.2) is 4.98 Å². The SMILES string of the molecule is Clc1ccc(CSc2nc(-c3ccccc3)cs2)cc1Cl. The van der Waals surface area contributed by atoms with Gasteiger partial charge < -0.3 is 0 Å². The fourth-order valence-electron chi connectivity index (χ4n) is 1.84. The van der Waals surface area contributed by atoms with E-state index in [0.717, 1.165) is 26.9 Å². The molecule has 3 rings (SSSR count). The third-order valence-corrected chi connectivity index (χ3v) is 5.73. The molecule has 1 aromatic heterocycles. The van der Waals surface area contributed by atoms with Gasteiger partial charge in [0.2, 0.25) is 0 Å². The van der Waals surface area contributed by atoms with Crippen LogP contribution in [0.25, 0.3) is 11.3 Å². The van der Waals surface area contributed by atoms with Crippen molar-refractivity contribution in [3.05, 3.63) is 69.5 Å². The van der Waals surface area contributed by atoms with Gasteiger partial charge in [-0.2, -0.15) is 0 Å². The van der Waals surface area contributed by atoms with Crippen molar-refractivity contribution < 1.29 is 0 Å². The van der Waals surface area contributed by atoms with Crippen LogP contribution >= 0.6 is 46.3 Å². The first kappa shape index (κ1) is 14.9. The summed E-state index contributed by atoms with van der Waals surface area (Å²) in [6, 6.07) is 15.9. The molecule has 0 aliphatic heterocycles. The van der Waals surface area contributed by atoms with Crippen molar-refractivity contribution in [2.75, 3.05) is 0 Å². The lowest BCUT2D eigenvalue weighted by Crippen LogP contribution is -1.81. The summed E-state index contributed by atoms with van der Waals surface area (Å²) in [6.45, 7) is 0. The molecule has 21 heavy (non-hydrogen) atoms. The number of hydrogen-bond donors (Lipinski definition) is 0. The zero-order valence-corrected chi connectivity index (χ0v) is 14.1. The highest BCUT2D eigenvalue weighted by Crippen LogP contribution is 2.31. The van der Waals surface area contributed by atoms with E-state index in [4.69, 9.17) is 23.2 Å². The van der Waals surface area contributed by atoms with Crippen LogP contribution < -0.4 is 0 Å². The Hall–Kier alpha value is -1.00. The summed E-state index contributed by atoms with van der Waals surface area (Å²) in [4.78, 5) is 4.66. The standard InChI is InChI=1S/C16H11Cl2NS2/c17-13-7-6-11(8-14(13)18)9-20-16-19-15(10-21-16)12-4-2-1-3-5-12/h1-8,10H,9H2. The Balaban J connectivity index is 1.69. The van der Waals surface area contributed by atoms with E-state index in [1.54, 1.807) is 23.1 Å². The van der Waals surface area contributed by atoms with Gasteiger partial charge in [-0.3, -0.25) is 0 Å². The van der Waals surface area contributed by atoms with E-state index in [9.17, 15) is 0 Å². The first-order valence-corrected chi connectivity index (χ1v) is 8.92. The molecule has 0 aliphatic carbocycles. The molecule has 0 N–H and O–H groups in total. The van der Waals surface area contributed by atoms with Crippen LogP contribution in [0, 0.1) is 0 Å². The molecule has 0 saturated carbocycles. The Kier molecular flexibility index (Phi) is 4.86. The zero-order chi connectivity index (χ0) is 14.7. The van der Waals surface area contributed by atoms with Gasteiger partial charge in [0.25, 0.3) is 0 Å². The Labute approximate surface area is 142 Å². The number of benzene rings is 2. The zero-order valence-electron chi connectivity index (χ0n) is 10.9. The Morgan fingerprint density at radius 2 is 1.81 bits per heavy atom. The first-order valence-electron chi connectivity index (χ1n) is 6.30. The van der Waals surface area contributed by atoms with Gasteiger partial charge in [0, 0.05) is 16.7 Å². The minimum absolute atomic E-state index is 0.589. The number of halogens is 2. The summed E-state index contributed by atoms with van der Waals surface area (Å²) >= 11 is 15.3. The molecular formula is C16H11Cl2NS2. The molecule has 0 atom stereocenters. The third-order valence-electron chi connectivity index (χ3n) is 2.90. The summed E-state index contributed by atoms with van der Waals surface area (Å²) in [5.41, 5.74) is 3.32. The summed E-state index contributed by atoms with van der Waals surface area (Å²) in [7, 11) is 0. The first-order chi connectivity index (χ1) is 10.2. The highest BCUT2D eigenvalue weighted by Gasteiger charge is 2.06. The van der Waals surface area contributed by atoms with Gasteiger partial charge in [-0.15, -0.1) is 11.3 Å². The molecule has 0 fully saturated rings. The van der Waals surface area contributed by atoms with Gasteiger partial charge in [-0.05, 0) is 17.7 Å². The minimum atomic E-state index is 0.589. The molecule has 1 heterocycles. The molecule has 3 aromatic rings. The lowest BCUT2D eigenvalue weighted by molar-refractivity contribution is 1.24. The Morgan fingerprint density at radius 1 is 1.00 bits per heavy atom. The molecule has 0 amide bonds. The lowest BCUT2D eigenvalue weighted by atomic mass is 10.2. The van der Waals surface area contributed by atoms with Gasteiger partial charge in [0.05, 0.1) is 15.7 Å². The maximum Gasteiger partial charge on any atom is 0.150 e. The van der Waals surface area contributed by atoms with Crippen molar-refractivity contribution in [3.8, 4) is 11.3 Å². The van der Waals surface area contributed by atoms with E-state index in [1.165, 1.54) is 0 Å². The smallest absolute Gasteiger partial charge is 0.150 e. The van der Waals surface area contributed by atoms with Gasteiger partial charge in [-0.25, -0.2) is 4.98 Å². The number of rotatable bonds is 4. The van der Waals surface area contributed by atoms with Gasteiger partial charge >= 0.3 is 0 Å². The van der Waals surface area contributed by atoms with E-state index in [1.807, 2.05) is 36.4 Å². The summed E-state index contributed by atoms with van der Waals surface area (Å²) in [5, 5.41) is 3.27. The van der Waals surface area contributed by atoms with Crippen molar-refractivity contribution in [2.45, 2.75) is 10.1 Å². The summed E-state index contributed by atoms with van der Waals surface area (Å²) in [6.07, 6.45) is 0. The average Bonchev–Trinajstić information content (AvgIpc) is 2.98. The van der Waals surface area contributed by atoms with Crippen LogP contribution in [0.3, 0.4) is 0 Å². The van der Waals surface area contributed by atoms with E-state index >= 15 is 0 Å². The van der Waals surface area contributed by atoms with Crippen molar-refractivity contribution in [2.24, 2.45) is 0 Å². The maximum absolute atomic E-state index is 6.03. The molecule has 0 saturated heterocycles. The van der Waals surface area contributed by atoms with Crippen LogP contribution in [-0.2, 0) is 5.75 Å². The molecular weight excluding hydrogens is 341 g/mol. The third kappa shape index (κ3) is 3.80. The fraction of sp³-hybridized carbons (Fsp3) is 0.0625. The molecule has 5 heteroatoms. The van der Waals surface area contributed by atoms with Gasteiger partial charge in [0.1, 0.15) is 0 Å². The van der Waals surface area contributed by atoms with E-state index in [-0.39, 0.29) is 0 Å². The highest BCUT2D eigenvalue weighted by atomic mass is 35.5. The molecule has 2 aromatic carbocycles. The number of hydrogen-bond acceptors (Lipinski definition) is 3. The molecule has 1 nitrogen and oxygen atoms in total. The van der Waals surface area contributed by atoms with Crippen LogP contribution in [0.1, 0.15) is 5.56 Å². The van der Waals surface area contributed by atoms with Crippen molar-refractivity contribution >= 4 is 46.3 Å². The van der Waals surface area contributed by atoms with E-state index < -0.39 is 0 Å². The molecule has 0 radical (unpaired) electrons. The Bertz CT molecular complexity index is 741. The topological polar surface area (TPSA) is 12.9 Å². The number of thiazole rings is 1. The Morgan fingerprint density at radius 3 is 2.57 bits per heavy atom. The van der Waals surface area contributed by atoms with Crippen molar-refractivity contribution in [1.82, 2.24) is 4.98 Å². The van der Waals surface area contributed by atoms with E-state index in [2.05, 4.69) is 22.5 Å². The lowest BCUT2D eigenvalue weighted by Gasteiger charge is -2.01. The molecule has 0 bridgehead atoms. The highest BCUT2D eigenvalue weighted by molar-refractivity contribution is 8.00. The second-order valence-corrected chi connectivity index (χ2v) is 7.30. The molecule has 0 unspecified atom stereocenters. The summed E-state index contributed by atoms with van der Waals surface area (Å²) < 4.78 is 1.06. The van der Waals surface area contributed by atoms with Crippen LogP contribution in [0.15, 0.2) is 58.3 Å². The number of nitrogens with zero attached hydrogens (tertiary/aromatic N) is 1. The second-order valence-electron chi connectivity index (χ2n) is 4.40. The number of aromatic nitrogens is 1. The minimum Gasteiger partial charge on any atom is -0.230 e. The van der Waals surface area contributed by atoms with Crippen molar-refractivity contribution in [1.29, 1.82) is 0 Å². The van der Waals surface area contributed by atoms with Crippen LogP contribution in [0.4, 0.5) is 0 Å². The van der Waals surface area contributed by atoms with Crippen LogP contribution in [0.2, 0.25) is 10.0 Å². The predicted octanol–water partition coefficient (Wildman–Crippen LogP) is 6.41. The second kappa shape index (κ2) is 6.84. The average molecular weight is 352 g/mol. The molecule has 0 aliphatic rings. The monoisotopic (exact) mass is 351 g/mol. The predicted molar refractivity (Wildman–Crippen MR) is 93.6 cm³/mol. The van der Waals surface area contributed by atoms with Crippen molar-refractivity contribution in [3.63, 3.8) is 0 Å². The van der Waals surface area contributed by atoms with E-state index in [0.29, 0.717) is 10.0 Å². The van der Waals surface area contributed by atoms with Gasteiger partial charge in [0.15, 0.2) is 4.34 Å². The number of thioether (sulfide) groups is 1. The normalized spacial score (nSPS) is 10.8. The molecule has 106 valence electrons. The van der Waals surface area contributed by atoms with Crippen LogP contribution in [0.5, 0.6) is 0 Å². The summed E-state index contributed by atoms with van der Waals surface area (Å²) in [5.74, 6) is 0.832. The maximum atomic E-state index is 6.03. The quantitative estimate of drug-likeness (QED) is 0.503. The largest absolute Gasteiger partial charge is 0.230 e.